The van der Waals surface area contributed by atoms with Crippen LogP contribution in [0.15, 0.2) is 12.1 Å². The molecular weight excluding hydrogens is 330 g/mol. The quantitative estimate of drug-likeness (QED) is 0.891. The second kappa shape index (κ2) is 7.04. The molecule has 0 spiro atoms. The summed E-state index contributed by atoms with van der Waals surface area (Å²) in [6.07, 6.45) is 0. The molecule has 1 amide bonds. The van der Waals surface area contributed by atoms with E-state index in [4.69, 9.17) is 14.2 Å². The maximum absolute atomic E-state index is 12.6. The van der Waals surface area contributed by atoms with Crippen molar-refractivity contribution in [1.29, 1.82) is 0 Å². The second-order valence-electron chi connectivity index (χ2n) is 6.00. The molecule has 0 fully saturated rings. The van der Waals surface area contributed by atoms with Crippen LogP contribution in [-0.2, 0) is 5.41 Å². The third-order valence-electron chi connectivity index (χ3n) is 3.24. The van der Waals surface area contributed by atoms with Crippen LogP contribution in [0.2, 0.25) is 0 Å². The number of nitrogens with zero attached hydrogens (tertiary/aromatic N) is 2. The maximum atomic E-state index is 12.6. The second-order valence-corrected chi connectivity index (χ2v) is 6.98. The summed E-state index contributed by atoms with van der Waals surface area (Å²) in [5.41, 5.74) is 0.199. The van der Waals surface area contributed by atoms with Crippen molar-refractivity contribution in [2.75, 3.05) is 26.6 Å². The Morgan fingerprint density at radius 2 is 1.71 bits per heavy atom. The van der Waals surface area contributed by atoms with Gasteiger partial charge < -0.3 is 14.2 Å². The van der Waals surface area contributed by atoms with E-state index in [-0.39, 0.29) is 11.3 Å². The zero-order valence-electron chi connectivity index (χ0n) is 14.6. The summed E-state index contributed by atoms with van der Waals surface area (Å²) in [7, 11) is 4.48. The molecule has 0 aliphatic rings. The third kappa shape index (κ3) is 3.59. The molecule has 1 N–H and O–H groups in total. The summed E-state index contributed by atoms with van der Waals surface area (Å²) < 4.78 is 15.8. The molecule has 0 saturated heterocycles. The number of amides is 1. The van der Waals surface area contributed by atoms with Crippen LogP contribution in [0.3, 0.4) is 0 Å². The number of methoxy groups -OCH3 is 3. The predicted molar refractivity (Wildman–Crippen MR) is 92.7 cm³/mol. The van der Waals surface area contributed by atoms with Crippen molar-refractivity contribution in [3.05, 3.63) is 22.7 Å². The lowest BCUT2D eigenvalue weighted by Crippen LogP contribution is -2.13. The monoisotopic (exact) mass is 351 g/mol. The number of carbonyl (C=O) groups is 1. The summed E-state index contributed by atoms with van der Waals surface area (Å²) >= 11 is 1.34. The van der Waals surface area contributed by atoms with Crippen LogP contribution in [0, 0.1) is 0 Å². The Morgan fingerprint density at radius 3 is 2.21 bits per heavy atom. The topological polar surface area (TPSA) is 82.6 Å². The van der Waals surface area contributed by atoms with Crippen LogP contribution in [0.25, 0.3) is 0 Å². The molecule has 24 heavy (non-hydrogen) atoms. The molecule has 1 aromatic carbocycles. The Morgan fingerprint density at radius 1 is 1.04 bits per heavy atom. The molecule has 1 heterocycles. The van der Waals surface area contributed by atoms with E-state index in [2.05, 4.69) is 15.5 Å². The van der Waals surface area contributed by atoms with Crippen LogP contribution in [0.5, 0.6) is 17.2 Å². The molecule has 1 aromatic heterocycles. The minimum Gasteiger partial charge on any atom is -0.493 e. The highest BCUT2D eigenvalue weighted by atomic mass is 32.1. The molecule has 130 valence electrons. The number of aromatic nitrogens is 2. The first-order valence-corrected chi connectivity index (χ1v) is 8.07. The van der Waals surface area contributed by atoms with Gasteiger partial charge in [0.05, 0.1) is 26.9 Å². The lowest BCUT2D eigenvalue weighted by Gasteiger charge is -2.15. The highest BCUT2D eigenvalue weighted by Gasteiger charge is 2.23. The number of anilines is 1. The Balaban J connectivity index is 2.31. The van der Waals surface area contributed by atoms with Gasteiger partial charge in [0.1, 0.15) is 5.01 Å². The van der Waals surface area contributed by atoms with Crippen molar-refractivity contribution in [1.82, 2.24) is 10.2 Å². The van der Waals surface area contributed by atoms with Gasteiger partial charge in [0, 0.05) is 5.41 Å². The summed E-state index contributed by atoms with van der Waals surface area (Å²) in [5, 5.41) is 12.2. The van der Waals surface area contributed by atoms with Gasteiger partial charge in [-0.15, -0.1) is 10.2 Å². The summed E-state index contributed by atoms with van der Waals surface area (Å²) in [6, 6.07) is 3.26. The molecule has 0 unspecified atom stereocenters. The average Bonchev–Trinajstić information content (AvgIpc) is 3.01. The summed E-state index contributed by atoms with van der Waals surface area (Å²) in [6.45, 7) is 6.11. The maximum Gasteiger partial charge on any atom is 0.261 e. The zero-order valence-corrected chi connectivity index (χ0v) is 15.4. The lowest BCUT2D eigenvalue weighted by molar-refractivity contribution is 0.102. The first-order valence-electron chi connectivity index (χ1n) is 7.26. The van der Waals surface area contributed by atoms with Crippen molar-refractivity contribution >= 4 is 22.4 Å². The van der Waals surface area contributed by atoms with E-state index in [1.807, 2.05) is 20.8 Å². The molecule has 2 rings (SSSR count). The number of ether oxygens (including phenoxy) is 3. The van der Waals surface area contributed by atoms with E-state index in [1.54, 1.807) is 12.1 Å². The van der Waals surface area contributed by atoms with Crippen LogP contribution in [0.4, 0.5) is 5.13 Å². The number of nitrogens with one attached hydrogen (secondary N) is 1. The fraction of sp³-hybridized carbons (Fsp3) is 0.438. The van der Waals surface area contributed by atoms with Crippen LogP contribution in [0.1, 0.15) is 36.1 Å². The number of carbonyl (C=O) groups excluding carboxylic acids is 1. The molecule has 0 radical (unpaired) electrons. The van der Waals surface area contributed by atoms with Crippen molar-refractivity contribution in [2.45, 2.75) is 26.2 Å². The molecule has 7 nitrogen and oxygen atoms in total. The van der Waals surface area contributed by atoms with E-state index in [9.17, 15) is 4.79 Å². The Hall–Kier alpha value is -2.35. The lowest BCUT2D eigenvalue weighted by atomic mass is 9.98. The Labute approximate surface area is 145 Å². The smallest absolute Gasteiger partial charge is 0.261 e. The van der Waals surface area contributed by atoms with E-state index >= 15 is 0 Å². The number of hydrogen-bond acceptors (Lipinski definition) is 7. The normalized spacial score (nSPS) is 11.1. The van der Waals surface area contributed by atoms with Gasteiger partial charge in [0.2, 0.25) is 10.9 Å². The SMILES string of the molecule is COc1ccc(C(=O)Nc2nnc(C(C)(C)C)s2)c(OC)c1OC. The van der Waals surface area contributed by atoms with Crippen molar-refractivity contribution in [3.8, 4) is 17.2 Å². The van der Waals surface area contributed by atoms with Gasteiger partial charge in [-0.05, 0) is 12.1 Å². The van der Waals surface area contributed by atoms with E-state index < -0.39 is 0 Å². The van der Waals surface area contributed by atoms with Gasteiger partial charge in [0.15, 0.2) is 11.5 Å². The molecule has 0 saturated carbocycles. The highest BCUT2D eigenvalue weighted by Crippen LogP contribution is 2.40. The molecule has 0 bridgehead atoms. The number of rotatable bonds is 5. The molecule has 0 aliphatic heterocycles. The van der Waals surface area contributed by atoms with Crippen molar-refractivity contribution in [2.24, 2.45) is 0 Å². The van der Waals surface area contributed by atoms with Gasteiger partial charge >= 0.3 is 0 Å². The minimum atomic E-state index is -0.357. The van der Waals surface area contributed by atoms with Crippen LogP contribution >= 0.6 is 11.3 Å². The molecule has 0 atom stereocenters. The van der Waals surface area contributed by atoms with Crippen molar-refractivity contribution < 1.29 is 19.0 Å². The molecule has 0 aliphatic carbocycles. The summed E-state index contributed by atoms with van der Waals surface area (Å²) in [4.78, 5) is 12.6. The third-order valence-corrected chi connectivity index (χ3v) is 4.50. The van der Waals surface area contributed by atoms with Crippen LogP contribution < -0.4 is 19.5 Å². The Bertz CT molecular complexity index is 737. The number of benzene rings is 1. The van der Waals surface area contributed by atoms with Gasteiger partial charge in [-0.3, -0.25) is 10.1 Å². The first kappa shape index (κ1) is 18.0. The van der Waals surface area contributed by atoms with Crippen molar-refractivity contribution in [3.63, 3.8) is 0 Å². The number of hydrogen-bond donors (Lipinski definition) is 1. The molecule has 8 heteroatoms. The fourth-order valence-corrected chi connectivity index (χ4v) is 2.82. The molecular formula is C16H21N3O4S. The fourth-order valence-electron chi connectivity index (χ4n) is 2.02. The van der Waals surface area contributed by atoms with E-state index in [0.717, 1.165) is 5.01 Å². The van der Waals surface area contributed by atoms with Crippen LogP contribution in [-0.4, -0.2) is 37.4 Å². The van der Waals surface area contributed by atoms with Gasteiger partial charge in [0.25, 0.3) is 5.91 Å². The van der Waals surface area contributed by atoms with E-state index in [1.165, 1.54) is 32.7 Å². The van der Waals surface area contributed by atoms with Gasteiger partial charge in [-0.25, -0.2) is 0 Å². The van der Waals surface area contributed by atoms with E-state index in [0.29, 0.717) is 27.9 Å². The predicted octanol–water partition coefficient (Wildman–Crippen LogP) is 3.11. The average molecular weight is 351 g/mol. The minimum absolute atomic E-state index is 0.123. The first-order chi connectivity index (χ1) is 11.3. The van der Waals surface area contributed by atoms with Gasteiger partial charge in [-0.1, -0.05) is 32.1 Å². The highest BCUT2D eigenvalue weighted by molar-refractivity contribution is 7.15. The summed E-state index contributed by atoms with van der Waals surface area (Å²) in [5.74, 6) is 0.788. The zero-order chi connectivity index (χ0) is 17.9. The molecule has 2 aromatic rings. The van der Waals surface area contributed by atoms with Gasteiger partial charge in [-0.2, -0.15) is 0 Å². The largest absolute Gasteiger partial charge is 0.493 e. The standard InChI is InChI=1S/C16H21N3O4S/c1-16(2,3)14-18-19-15(24-14)17-13(20)9-7-8-10(21-4)12(23-6)11(9)22-5/h7-8H,1-6H3,(H,17,19,20). The Kier molecular flexibility index (Phi) is 5.28.